The van der Waals surface area contributed by atoms with Crippen molar-refractivity contribution in [1.29, 1.82) is 0 Å². The number of aliphatic hydroxyl groups is 2. The first-order valence-corrected chi connectivity index (χ1v) is 26.7. The van der Waals surface area contributed by atoms with Crippen LogP contribution in [0.5, 0.6) is 0 Å². The maximum Gasteiger partial charge on any atom is 0.306 e. The fourth-order valence-corrected chi connectivity index (χ4v) is 8.26. The predicted molar refractivity (Wildman–Crippen MR) is 264 cm³/mol. The first kappa shape index (κ1) is 59.1. The van der Waals surface area contributed by atoms with Crippen LogP contribution >= 0.6 is 0 Å². The lowest BCUT2D eigenvalue weighted by atomic mass is 10.0. The lowest BCUT2D eigenvalue weighted by Crippen LogP contribution is -2.46. The van der Waals surface area contributed by atoms with Crippen molar-refractivity contribution in [1.82, 2.24) is 5.32 Å². The highest BCUT2D eigenvalue weighted by Gasteiger charge is 2.24. The molecule has 0 fully saturated rings. The number of rotatable bonds is 48. The number of hydrogen-bond donors (Lipinski definition) is 3. The van der Waals surface area contributed by atoms with E-state index in [1.54, 1.807) is 0 Å². The number of ether oxygens (including phenoxy) is 1. The van der Waals surface area contributed by atoms with Gasteiger partial charge in [0.25, 0.3) is 0 Å². The zero-order valence-corrected chi connectivity index (χ0v) is 40.8. The Bertz CT molecular complexity index is 1010. The van der Waals surface area contributed by atoms with Gasteiger partial charge in [-0.2, -0.15) is 0 Å². The average Bonchev–Trinajstić information content (AvgIpc) is 3.25. The van der Waals surface area contributed by atoms with E-state index in [-0.39, 0.29) is 24.9 Å². The van der Waals surface area contributed by atoms with E-state index in [4.69, 9.17) is 4.74 Å². The summed E-state index contributed by atoms with van der Waals surface area (Å²) in [6, 6.07) is -0.705. The minimum Gasteiger partial charge on any atom is -0.462 e. The molecule has 0 aliphatic heterocycles. The third kappa shape index (κ3) is 44.5. The summed E-state index contributed by atoms with van der Waals surface area (Å²) in [5.41, 5.74) is 0. The molecule has 3 atom stereocenters. The summed E-state index contributed by atoms with van der Waals surface area (Å²) in [5.74, 6) is -0.481. The number of esters is 1. The molecule has 6 nitrogen and oxygen atoms in total. The highest BCUT2D eigenvalue weighted by atomic mass is 16.5. The molecule has 3 N–H and O–H groups in total. The zero-order chi connectivity index (χ0) is 44.5. The molecule has 0 aliphatic carbocycles. The minimum atomic E-state index is -0.790. The second-order valence-electron chi connectivity index (χ2n) is 18.3. The molecule has 0 radical (unpaired) electrons. The van der Waals surface area contributed by atoms with Crippen molar-refractivity contribution in [3.63, 3.8) is 0 Å². The molecule has 1 amide bonds. The number of nitrogens with one attached hydrogen (secondary N) is 1. The normalized spacial score (nSPS) is 13.5. The molecule has 0 aliphatic rings. The molecule has 0 spiro atoms. The molecular weight excluding hydrogens is 755 g/mol. The lowest BCUT2D eigenvalue weighted by molar-refractivity contribution is -0.151. The summed E-state index contributed by atoms with van der Waals surface area (Å²) in [4.78, 5) is 26.2. The van der Waals surface area contributed by atoms with Gasteiger partial charge in [-0.05, 0) is 44.9 Å². The Morgan fingerprint density at radius 1 is 0.492 bits per heavy atom. The van der Waals surface area contributed by atoms with Crippen molar-refractivity contribution >= 4 is 11.9 Å². The van der Waals surface area contributed by atoms with Crippen LogP contribution in [0, 0.1) is 0 Å². The van der Waals surface area contributed by atoms with Gasteiger partial charge in [-0.1, -0.05) is 256 Å². The first-order chi connectivity index (χ1) is 30.0. The maximum absolute atomic E-state index is 13.2. The number of carbonyl (C=O) groups excluding carboxylic acids is 2. The van der Waals surface area contributed by atoms with Gasteiger partial charge in [0.05, 0.1) is 25.2 Å². The molecule has 6 heteroatoms. The van der Waals surface area contributed by atoms with Gasteiger partial charge in [0, 0.05) is 6.42 Å². The molecule has 358 valence electrons. The van der Waals surface area contributed by atoms with E-state index in [9.17, 15) is 19.8 Å². The Kier molecular flexibility index (Phi) is 47.6. The molecule has 61 heavy (non-hydrogen) atoms. The van der Waals surface area contributed by atoms with Crippen LogP contribution in [0.3, 0.4) is 0 Å². The minimum absolute atomic E-state index is 0.0679. The van der Waals surface area contributed by atoms with Gasteiger partial charge < -0.3 is 20.3 Å². The summed E-state index contributed by atoms with van der Waals surface area (Å²) < 4.78 is 5.94. The topological polar surface area (TPSA) is 95.9 Å². The number of hydrogen-bond acceptors (Lipinski definition) is 5. The van der Waals surface area contributed by atoms with E-state index < -0.39 is 18.2 Å². The summed E-state index contributed by atoms with van der Waals surface area (Å²) in [7, 11) is 0. The smallest absolute Gasteiger partial charge is 0.306 e. The van der Waals surface area contributed by atoms with Crippen molar-refractivity contribution in [2.45, 2.75) is 296 Å². The summed E-state index contributed by atoms with van der Waals surface area (Å²) in [5, 5.41) is 23.8. The molecule has 0 heterocycles. The van der Waals surface area contributed by atoms with Crippen molar-refractivity contribution < 1.29 is 24.5 Å². The van der Waals surface area contributed by atoms with Crippen LogP contribution in [0.1, 0.15) is 278 Å². The molecule has 0 saturated carbocycles. The van der Waals surface area contributed by atoms with Gasteiger partial charge in [0.1, 0.15) is 6.10 Å². The zero-order valence-electron chi connectivity index (χ0n) is 40.8. The third-order valence-electron chi connectivity index (χ3n) is 12.3. The van der Waals surface area contributed by atoms with Crippen LogP contribution in [0.4, 0.5) is 0 Å². The maximum atomic E-state index is 13.2. The molecular formula is C55H103NO5. The summed E-state index contributed by atoms with van der Waals surface area (Å²) in [6.07, 6.45) is 57.8. The van der Waals surface area contributed by atoms with E-state index in [2.05, 4.69) is 62.5 Å². The largest absolute Gasteiger partial charge is 0.462 e. The fourth-order valence-electron chi connectivity index (χ4n) is 8.26. The number of amides is 1. The summed E-state index contributed by atoms with van der Waals surface area (Å²) >= 11 is 0. The fraction of sp³-hybridized carbons (Fsp3) is 0.855. The van der Waals surface area contributed by atoms with Crippen molar-refractivity contribution in [3.8, 4) is 0 Å². The van der Waals surface area contributed by atoms with Crippen molar-refractivity contribution in [2.75, 3.05) is 6.61 Å². The Labute approximate surface area is 379 Å². The lowest BCUT2D eigenvalue weighted by Gasteiger charge is -2.24. The van der Waals surface area contributed by atoms with Gasteiger partial charge in [0.15, 0.2) is 0 Å². The number of unbranched alkanes of at least 4 members (excludes halogenated alkanes) is 32. The Morgan fingerprint density at radius 3 is 1.33 bits per heavy atom. The van der Waals surface area contributed by atoms with E-state index in [0.29, 0.717) is 19.3 Å². The van der Waals surface area contributed by atoms with E-state index in [1.165, 1.54) is 148 Å². The Balaban J connectivity index is 4.54. The SMILES string of the molecule is CC/C=C/C=C/C=C/CCCCCCCC(CC(=O)NC(CO)C(O)CCCCCCCCCCCCCCC)OC(=O)CCCCCCCCCCCCCCCCCC. The van der Waals surface area contributed by atoms with Crippen LogP contribution in [-0.4, -0.2) is 46.9 Å². The van der Waals surface area contributed by atoms with E-state index in [0.717, 1.165) is 83.5 Å². The second-order valence-corrected chi connectivity index (χ2v) is 18.3. The van der Waals surface area contributed by atoms with Gasteiger partial charge in [-0.25, -0.2) is 0 Å². The van der Waals surface area contributed by atoms with Crippen LogP contribution in [0.15, 0.2) is 36.5 Å². The highest BCUT2D eigenvalue weighted by Crippen LogP contribution is 2.18. The molecule has 0 saturated heterocycles. The number of carbonyl (C=O) groups is 2. The van der Waals surface area contributed by atoms with Crippen LogP contribution in [0.25, 0.3) is 0 Å². The monoisotopic (exact) mass is 858 g/mol. The molecule has 0 aromatic carbocycles. The highest BCUT2D eigenvalue weighted by molar-refractivity contribution is 5.77. The quantitative estimate of drug-likeness (QED) is 0.0322. The van der Waals surface area contributed by atoms with E-state index >= 15 is 0 Å². The van der Waals surface area contributed by atoms with E-state index in [1.807, 2.05) is 0 Å². The number of allylic oxidation sites excluding steroid dienone is 6. The van der Waals surface area contributed by atoms with Crippen LogP contribution in [-0.2, 0) is 14.3 Å². The van der Waals surface area contributed by atoms with Gasteiger partial charge >= 0.3 is 5.97 Å². The third-order valence-corrected chi connectivity index (χ3v) is 12.3. The molecule has 0 aromatic heterocycles. The molecule has 0 bridgehead atoms. The molecule has 3 unspecified atom stereocenters. The van der Waals surface area contributed by atoms with Gasteiger partial charge in [-0.15, -0.1) is 0 Å². The summed E-state index contributed by atoms with van der Waals surface area (Å²) in [6.45, 7) is 6.37. The van der Waals surface area contributed by atoms with Gasteiger partial charge in [-0.3, -0.25) is 9.59 Å². The van der Waals surface area contributed by atoms with Crippen LogP contribution < -0.4 is 5.32 Å². The number of aliphatic hydroxyl groups excluding tert-OH is 2. The Hall–Kier alpha value is -1.92. The van der Waals surface area contributed by atoms with Crippen molar-refractivity contribution in [3.05, 3.63) is 36.5 Å². The average molecular weight is 858 g/mol. The predicted octanol–water partition coefficient (Wildman–Crippen LogP) is 16.1. The molecule has 0 aromatic rings. The Morgan fingerprint density at radius 2 is 0.885 bits per heavy atom. The standard InChI is InChI=1S/C55H103NO5/c1-4-7-10-13-16-19-22-25-26-27-30-33-36-39-42-45-48-55(60)61-51(46-43-40-37-34-31-28-23-20-17-14-11-8-5-2)49-54(59)56-52(50-57)53(58)47-44-41-38-35-32-29-24-21-18-15-12-9-6-3/h8,11,14,17,20,23,51-53,57-58H,4-7,9-10,12-13,15-16,18-19,21-22,24-50H2,1-3H3,(H,56,59)/b11-8+,17-14+,23-20+. The van der Waals surface area contributed by atoms with Crippen molar-refractivity contribution in [2.24, 2.45) is 0 Å². The second kappa shape index (κ2) is 49.1. The molecule has 0 rings (SSSR count). The first-order valence-electron chi connectivity index (χ1n) is 26.7. The van der Waals surface area contributed by atoms with Crippen LogP contribution in [0.2, 0.25) is 0 Å². The van der Waals surface area contributed by atoms with Gasteiger partial charge in [0.2, 0.25) is 5.91 Å².